The van der Waals surface area contributed by atoms with Gasteiger partial charge in [-0.1, -0.05) is 38.5 Å². The van der Waals surface area contributed by atoms with Gasteiger partial charge in [0.1, 0.15) is 0 Å². The van der Waals surface area contributed by atoms with E-state index in [2.05, 4.69) is 19.2 Å². The van der Waals surface area contributed by atoms with Crippen LogP contribution in [0, 0.1) is 12.8 Å². The first kappa shape index (κ1) is 24.4. The van der Waals surface area contributed by atoms with Crippen LogP contribution in [0.15, 0.2) is 42.5 Å². The standard InChI is InChI=1S/C26H37N3O2/c1-8-20(5)29(26(31)21-11-9-10-19(4)15-21)17-22-16-23(12-13-24(22)28(6)7)27-25(30)14-18(2)3/h9-13,15-16,18,20H,8,14,17H2,1-7H3,(H,27,30)/t20-/m0/s1. The molecule has 0 spiro atoms. The van der Waals surface area contributed by atoms with Crippen LogP contribution in [0.5, 0.6) is 0 Å². The van der Waals surface area contributed by atoms with Crippen LogP contribution >= 0.6 is 0 Å². The van der Waals surface area contributed by atoms with Gasteiger partial charge in [0.05, 0.1) is 0 Å². The SMILES string of the molecule is CC[C@H](C)N(Cc1cc(NC(=O)CC(C)C)ccc1N(C)C)C(=O)c1cccc(C)c1. The number of nitrogens with one attached hydrogen (secondary N) is 1. The molecule has 0 aromatic heterocycles. The number of rotatable bonds is 9. The first-order valence-electron chi connectivity index (χ1n) is 11.1. The van der Waals surface area contributed by atoms with Gasteiger partial charge in [0.15, 0.2) is 0 Å². The average molecular weight is 424 g/mol. The smallest absolute Gasteiger partial charge is 0.254 e. The molecular weight excluding hydrogens is 386 g/mol. The van der Waals surface area contributed by atoms with Crippen molar-refractivity contribution in [2.45, 2.75) is 60.0 Å². The number of benzene rings is 2. The summed E-state index contributed by atoms with van der Waals surface area (Å²) in [5.74, 6) is 0.332. The van der Waals surface area contributed by atoms with Gasteiger partial charge in [-0.25, -0.2) is 0 Å². The predicted octanol–water partition coefficient (Wildman–Crippen LogP) is 5.49. The summed E-state index contributed by atoms with van der Waals surface area (Å²) in [6.45, 7) is 10.7. The Balaban J connectivity index is 2.38. The lowest BCUT2D eigenvalue weighted by Crippen LogP contribution is -2.38. The molecule has 0 aliphatic heterocycles. The maximum atomic E-state index is 13.4. The number of carbonyl (C=O) groups is 2. The fraction of sp³-hybridized carbons (Fsp3) is 0.462. The fourth-order valence-corrected chi connectivity index (χ4v) is 3.58. The topological polar surface area (TPSA) is 52.7 Å². The van der Waals surface area contributed by atoms with Crippen LogP contribution in [-0.4, -0.2) is 36.9 Å². The van der Waals surface area contributed by atoms with Crippen molar-refractivity contribution >= 4 is 23.2 Å². The number of carbonyl (C=O) groups excluding carboxylic acids is 2. The van der Waals surface area contributed by atoms with Crippen LogP contribution in [0.2, 0.25) is 0 Å². The van der Waals surface area contributed by atoms with Gasteiger partial charge in [-0.05, 0) is 62.1 Å². The van der Waals surface area contributed by atoms with Crippen LogP contribution in [0.1, 0.15) is 62.0 Å². The predicted molar refractivity (Wildman–Crippen MR) is 130 cm³/mol. The molecule has 2 amide bonds. The number of hydrogen-bond acceptors (Lipinski definition) is 3. The summed E-state index contributed by atoms with van der Waals surface area (Å²) >= 11 is 0. The summed E-state index contributed by atoms with van der Waals surface area (Å²) in [6.07, 6.45) is 1.34. The molecule has 1 N–H and O–H groups in total. The molecule has 31 heavy (non-hydrogen) atoms. The van der Waals surface area contributed by atoms with Crippen LogP contribution in [0.25, 0.3) is 0 Å². The highest BCUT2D eigenvalue weighted by molar-refractivity contribution is 5.95. The van der Waals surface area contributed by atoms with E-state index in [0.29, 0.717) is 24.4 Å². The molecule has 0 unspecified atom stereocenters. The lowest BCUT2D eigenvalue weighted by molar-refractivity contribution is -0.116. The summed E-state index contributed by atoms with van der Waals surface area (Å²) in [5.41, 5.74) is 4.58. The molecule has 2 aromatic carbocycles. The van der Waals surface area contributed by atoms with E-state index in [1.165, 1.54) is 0 Å². The summed E-state index contributed by atoms with van der Waals surface area (Å²) in [6, 6.07) is 13.7. The first-order chi connectivity index (χ1) is 14.6. The van der Waals surface area contributed by atoms with E-state index in [9.17, 15) is 9.59 Å². The highest BCUT2D eigenvalue weighted by atomic mass is 16.2. The van der Waals surface area contributed by atoms with Crippen molar-refractivity contribution in [2.75, 3.05) is 24.3 Å². The van der Waals surface area contributed by atoms with E-state index in [0.717, 1.165) is 28.9 Å². The zero-order chi connectivity index (χ0) is 23.1. The third-order valence-electron chi connectivity index (χ3n) is 5.43. The number of anilines is 2. The number of aryl methyl sites for hydroxylation is 1. The molecule has 5 nitrogen and oxygen atoms in total. The van der Waals surface area contributed by atoms with E-state index >= 15 is 0 Å². The van der Waals surface area contributed by atoms with Crippen LogP contribution in [0.3, 0.4) is 0 Å². The molecular formula is C26H37N3O2. The van der Waals surface area contributed by atoms with Gasteiger partial charge in [-0.15, -0.1) is 0 Å². The van der Waals surface area contributed by atoms with Gasteiger partial charge < -0.3 is 15.1 Å². The highest BCUT2D eigenvalue weighted by Crippen LogP contribution is 2.27. The zero-order valence-electron chi connectivity index (χ0n) is 20.0. The highest BCUT2D eigenvalue weighted by Gasteiger charge is 2.23. The molecule has 1 atom stereocenters. The molecule has 5 heteroatoms. The largest absolute Gasteiger partial charge is 0.377 e. The van der Waals surface area contributed by atoms with Crippen LogP contribution in [-0.2, 0) is 11.3 Å². The second kappa shape index (κ2) is 11.0. The molecule has 0 heterocycles. The monoisotopic (exact) mass is 423 g/mol. The Kier molecular flexibility index (Phi) is 8.66. The Hall–Kier alpha value is -2.82. The lowest BCUT2D eigenvalue weighted by atomic mass is 10.1. The van der Waals surface area contributed by atoms with E-state index in [-0.39, 0.29) is 17.9 Å². The Morgan fingerprint density at radius 2 is 1.74 bits per heavy atom. The minimum absolute atomic E-state index is 0.00757. The molecule has 0 fully saturated rings. The van der Waals surface area contributed by atoms with E-state index in [1.807, 2.05) is 87.1 Å². The van der Waals surface area contributed by atoms with Gasteiger partial charge in [0.25, 0.3) is 5.91 Å². The first-order valence-corrected chi connectivity index (χ1v) is 11.1. The van der Waals surface area contributed by atoms with Gasteiger partial charge in [0.2, 0.25) is 5.91 Å². The molecule has 0 bridgehead atoms. The van der Waals surface area contributed by atoms with Crippen molar-refractivity contribution in [1.82, 2.24) is 4.90 Å². The maximum Gasteiger partial charge on any atom is 0.254 e. The fourth-order valence-electron chi connectivity index (χ4n) is 3.58. The summed E-state index contributed by atoms with van der Waals surface area (Å²) in [7, 11) is 3.98. The summed E-state index contributed by atoms with van der Waals surface area (Å²) in [5, 5.41) is 3.00. The van der Waals surface area contributed by atoms with Gasteiger partial charge >= 0.3 is 0 Å². The van der Waals surface area contributed by atoms with Crippen molar-refractivity contribution in [1.29, 1.82) is 0 Å². The minimum atomic E-state index is 0.00757. The van der Waals surface area contributed by atoms with Gasteiger partial charge in [-0.3, -0.25) is 9.59 Å². The Morgan fingerprint density at radius 3 is 2.32 bits per heavy atom. The normalized spacial score (nSPS) is 11.9. The molecule has 2 aromatic rings. The molecule has 168 valence electrons. The Labute approximate surface area is 187 Å². The Bertz CT molecular complexity index is 905. The molecule has 0 saturated carbocycles. The second-order valence-corrected chi connectivity index (χ2v) is 8.94. The number of amides is 2. The van der Waals surface area contributed by atoms with Crippen molar-refractivity contribution in [3.63, 3.8) is 0 Å². The maximum absolute atomic E-state index is 13.4. The third kappa shape index (κ3) is 6.84. The minimum Gasteiger partial charge on any atom is -0.377 e. The summed E-state index contributed by atoms with van der Waals surface area (Å²) < 4.78 is 0. The Morgan fingerprint density at radius 1 is 1.03 bits per heavy atom. The number of nitrogens with zero attached hydrogens (tertiary/aromatic N) is 2. The molecule has 0 aliphatic rings. The quantitative estimate of drug-likeness (QED) is 0.580. The van der Waals surface area contributed by atoms with E-state index in [1.54, 1.807) is 0 Å². The molecule has 0 saturated heterocycles. The van der Waals surface area contributed by atoms with Crippen LogP contribution < -0.4 is 10.2 Å². The molecule has 0 radical (unpaired) electrons. The van der Waals surface area contributed by atoms with Crippen molar-refractivity contribution < 1.29 is 9.59 Å². The number of hydrogen-bond donors (Lipinski definition) is 1. The van der Waals surface area contributed by atoms with Crippen LogP contribution in [0.4, 0.5) is 11.4 Å². The van der Waals surface area contributed by atoms with Crippen molar-refractivity contribution in [3.05, 3.63) is 59.2 Å². The lowest BCUT2D eigenvalue weighted by Gasteiger charge is -2.31. The van der Waals surface area contributed by atoms with Crippen molar-refractivity contribution in [2.24, 2.45) is 5.92 Å². The van der Waals surface area contributed by atoms with Crippen molar-refractivity contribution in [3.8, 4) is 0 Å². The van der Waals surface area contributed by atoms with Gasteiger partial charge in [0, 0.05) is 50.0 Å². The summed E-state index contributed by atoms with van der Waals surface area (Å²) in [4.78, 5) is 29.6. The van der Waals surface area contributed by atoms with Gasteiger partial charge in [-0.2, -0.15) is 0 Å². The average Bonchev–Trinajstić information content (AvgIpc) is 2.70. The van der Waals surface area contributed by atoms with E-state index < -0.39 is 0 Å². The third-order valence-corrected chi connectivity index (χ3v) is 5.43. The molecule has 2 rings (SSSR count). The zero-order valence-corrected chi connectivity index (χ0v) is 20.0. The molecule has 0 aliphatic carbocycles. The van der Waals surface area contributed by atoms with E-state index in [4.69, 9.17) is 0 Å². The second-order valence-electron chi connectivity index (χ2n) is 8.94.